The Morgan fingerprint density at radius 2 is 2.05 bits per heavy atom. The molecule has 21 heavy (non-hydrogen) atoms. The van der Waals surface area contributed by atoms with E-state index in [2.05, 4.69) is 19.9 Å². The van der Waals surface area contributed by atoms with Crippen molar-refractivity contribution >= 4 is 22.8 Å². The number of methoxy groups -OCH3 is 1. The highest BCUT2D eigenvalue weighted by molar-refractivity contribution is 6.28. The molecule has 3 aromatic rings. The minimum Gasteiger partial charge on any atom is -0.497 e. The minimum absolute atomic E-state index is 0.0213. The van der Waals surface area contributed by atoms with Gasteiger partial charge in [0.05, 0.1) is 25.1 Å². The van der Waals surface area contributed by atoms with E-state index >= 15 is 0 Å². The molecule has 0 fully saturated rings. The first-order valence-corrected chi connectivity index (χ1v) is 6.21. The van der Waals surface area contributed by atoms with E-state index in [9.17, 15) is 0 Å². The molecule has 0 unspecified atom stereocenters. The van der Waals surface area contributed by atoms with Gasteiger partial charge in [0, 0.05) is 6.07 Å². The average molecular weight is 302 g/mol. The Balaban J connectivity index is 2.06. The lowest BCUT2D eigenvalue weighted by molar-refractivity contribution is 0.407. The van der Waals surface area contributed by atoms with Gasteiger partial charge < -0.3 is 14.5 Å². The highest BCUT2D eigenvalue weighted by atomic mass is 35.5. The van der Waals surface area contributed by atoms with Gasteiger partial charge in [-0.3, -0.25) is 0 Å². The summed E-state index contributed by atoms with van der Waals surface area (Å²) in [6.45, 7) is 0. The number of benzene rings is 1. The standard InChI is InChI=1S/C13H8ClN5O2/c1-20-8-2-7(5-15)3-9(4-8)21-12-10-11(17-6-16-10)18-13(14)19-12/h2-4,6H,1H3,(H,16,17,18,19). The van der Waals surface area contributed by atoms with E-state index < -0.39 is 0 Å². The molecule has 3 rings (SSSR count). The van der Waals surface area contributed by atoms with Crippen LogP contribution in [-0.4, -0.2) is 27.0 Å². The van der Waals surface area contributed by atoms with Gasteiger partial charge in [-0.05, 0) is 23.7 Å². The predicted octanol–water partition coefficient (Wildman–Crippen LogP) is 2.68. The Morgan fingerprint density at radius 1 is 1.24 bits per heavy atom. The van der Waals surface area contributed by atoms with Gasteiger partial charge in [-0.2, -0.15) is 15.2 Å². The van der Waals surface area contributed by atoms with Crippen LogP contribution in [0.5, 0.6) is 17.4 Å². The van der Waals surface area contributed by atoms with Crippen LogP contribution in [0.15, 0.2) is 24.5 Å². The molecule has 2 aromatic heterocycles. The van der Waals surface area contributed by atoms with E-state index in [0.29, 0.717) is 28.2 Å². The molecule has 2 heterocycles. The van der Waals surface area contributed by atoms with E-state index in [1.54, 1.807) is 18.2 Å². The van der Waals surface area contributed by atoms with E-state index in [0.717, 1.165) is 0 Å². The predicted molar refractivity (Wildman–Crippen MR) is 74.5 cm³/mol. The third-order valence-electron chi connectivity index (χ3n) is 2.68. The molecule has 7 nitrogen and oxygen atoms in total. The summed E-state index contributed by atoms with van der Waals surface area (Å²) >= 11 is 5.83. The smallest absolute Gasteiger partial charge is 0.250 e. The van der Waals surface area contributed by atoms with Crippen molar-refractivity contribution in [2.24, 2.45) is 0 Å². The van der Waals surface area contributed by atoms with Crippen LogP contribution < -0.4 is 9.47 Å². The van der Waals surface area contributed by atoms with Crippen LogP contribution in [0.1, 0.15) is 5.56 Å². The number of nitrogens with zero attached hydrogens (tertiary/aromatic N) is 4. The molecule has 1 aromatic carbocycles. The summed E-state index contributed by atoms with van der Waals surface area (Å²) < 4.78 is 10.8. The fraction of sp³-hybridized carbons (Fsp3) is 0.0769. The van der Waals surface area contributed by atoms with Gasteiger partial charge in [-0.25, -0.2) is 4.98 Å². The minimum atomic E-state index is 0.0213. The van der Waals surface area contributed by atoms with Crippen LogP contribution in [0.3, 0.4) is 0 Å². The van der Waals surface area contributed by atoms with Crippen molar-refractivity contribution in [1.29, 1.82) is 5.26 Å². The van der Waals surface area contributed by atoms with Gasteiger partial charge in [-0.15, -0.1) is 0 Å². The highest BCUT2D eigenvalue weighted by Crippen LogP contribution is 2.29. The maximum atomic E-state index is 9.01. The molecule has 0 aliphatic carbocycles. The van der Waals surface area contributed by atoms with E-state index in [1.807, 2.05) is 6.07 Å². The lowest BCUT2D eigenvalue weighted by Crippen LogP contribution is -1.94. The second-order valence-corrected chi connectivity index (χ2v) is 4.35. The Kier molecular flexibility index (Phi) is 3.30. The summed E-state index contributed by atoms with van der Waals surface area (Å²) in [4.78, 5) is 14.9. The second kappa shape index (κ2) is 5.26. The molecule has 0 spiro atoms. The van der Waals surface area contributed by atoms with Crippen LogP contribution in [0.25, 0.3) is 11.2 Å². The SMILES string of the molecule is COc1cc(C#N)cc(Oc2nc(Cl)nc3nc[nH]c23)c1. The molecule has 0 atom stereocenters. The Labute approximate surface area is 124 Å². The lowest BCUT2D eigenvalue weighted by atomic mass is 10.2. The fourth-order valence-corrected chi connectivity index (χ4v) is 1.94. The van der Waals surface area contributed by atoms with Crippen LogP contribution in [0.4, 0.5) is 0 Å². The summed E-state index contributed by atoms with van der Waals surface area (Å²) in [6, 6.07) is 6.84. The topological polar surface area (TPSA) is 96.7 Å². The molecule has 0 saturated heterocycles. The Bertz CT molecular complexity index is 855. The molecule has 0 radical (unpaired) electrons. The fourth-order valence-electron chi connectivity index (χ4n) is 1.78. The summed E-state index contributed by atoms with van der Waals surface area (Å²) in [5.41, 5.74) is 1.32. The third kappa shape index (κ3) is 2.57. The monoisotopic (exact) mass is 301 g/mol. The van der Waals surface area contributed by atoms with Gasteiger partial charge in [0.2, 0.25) is 11.2 Å². The Morgan fingerprint density at radius 3 is 2.81 bits per heavy atom. The molecule has 1 N–H and O–H groups in total. The molecule has 104 valence electrons. The van der Waals surface area contributed by atoms with Crippen LogP contribution in [0, 0.1) is 11.3 Å². The number of hydrogen-bond acceptors (Lipinski definition) is 6. The van der Waals surface area contributed by atoms with Crippen molar-refractivity contribution in [3.05, 3.63) is 35.4 Å². The number of aromatic amines is 1. The number of nitrogens with one attached hydrogen (secondary N) is 1. The summed E-state index contributed by atoms with van der Waals surface area (Å²) in [6.07, 6.45) is 1.47. The normalized spacial score (nSPS) is 10.3. The molecular weight excluding hydrogens is 294 g/mol. The second-order valence-electron chi connectivity index (χ2n) is 4.01. The van der Waals surface area contributed by atoms with Crippen LogP contribution in [0.2, 0.25) is 5.28 Å². The van der Waals surface area contributed by atoms with Crippen molar-refractivity contribution in [1.82, 2.24) is 19.9 Å². The van der Waals surface area contributed by atoms with E-state index in [1.165, 1.54) is 13.4 Å². The van der Waals surface area contributed by atoms with Crippen molar-refractivity contribution in [3.8, 4) is 23.4 Å². The molecule has 0 amide bonds. The summed E-state index contributed by atoms with van der Waals surface area (Å²) in [7, 11) is 1.51. The highest BCUT2D eigenvalue weighted by Gasteiger charge is 2.12. The number of H-pyrrole nitrogens is 1. The number of hydrogen-bond donors (Lipinski definition) is 1. The van der Waals surface area contributed by atoms with Gasteiger partial charge in [0.15, 0.2) is 5.65 Å². The Hall–Kier alpha value is -2.85. The molecule has 0 aliphatic heterocycles. The first kappa shape index (κ1) is 13.1. The number of aromatic nitrogens is 4. The average Bonchev–Trinajstić information content (AvgIpc) is 2.95. The first-order chi connectivity index (χ1) is 10.2. The molecule has 0 bridgehead atoms. The van der Waals surface area contributed by atoms with Gasteiger partial charge in [0.1, 0.15) is 17.0 Å². The zero-order chi connectivity index (χ0) is 14.8. The van der Waals surface area contributed by atoms with Crippen molar-refractivity contribution in [3.63, 3.8) is 0 Å². The first-order valence-electron chi connectivity index (χ1n) is 5.83. The third-order valence-corrected chi connectivity index (χ3v) is 2.85. The molecule has 8 heteroatoms. The molecular formula is C13H8ClN5O2. The van der Waals surface area contributed by atoms with Crippen molar-refractivity contribution in [2.75, 3.05) is 7.11 Å². The number of fused-ring (bicyclic) bond motifs is 1. The maximum Gasteiger partial charge on any atom is 0.250 e. The van der Waals surface area contributed by atoms with Crippen molar-refractivity contribution < 1.29 is 9.47 Å². The summed E-state index contributed by atoms with van der Waals surface area (Å²) in [5.74, 6) is 1.13. The number of ether oxygens (including phenoxy) is 2. The lowest BCUT2D eigenvalue weighted by Gasteiger charge is -2.08. The largest absolute Gasteiger partial charge is 0.497 e. The van der Waals surface area contributed by atoms with E-state index in [4.69, 9.17) is 26.3 Å². The number of nitriles is 1. The van der Waals surface area contributed by atoms with Gasteiger partial charge >= 0.3 is 0 Å². The van der Waals surface area contributed by atoms with Gasteiger partial charge in [0.25, 0.3) is 0 Å². The summed E-state index contributed by atoms with van der Waals surface area (Å²) in [5, 5.41) is 9.03. The number of imidazole rings is 1. The van der Waals surface area contributed by atoms with E-state index in [-0.39, 0.29) is 11.2 Å². The molecule has 0 aliphatic rings. The zero-order valence-electron chi connectivity index (χ0n) is 10.8. The van der Waals surface area contributed by atoms with Crippen LogP contribution in [-0.2, 0) is 0 Å². The number of halogens is 1. The van der Waals surface area contributed by atoms with Crippen LogP contribution >= 0.6 is 11.6 Å². The van der Waals surface area contributed by atoms with Crippen molar-refractivity contribution in [2.45, 2.75) is 0 Å². The zero-order valence-corrected chi connectivity index (χ0v) is 11.5. The number of rotatable bonds is 3. The molecule has 0 saturated carbocycles. The quantitative estimate of drug-likeness (QED) is 0.747. The van der Waals surface area contributed by atoms with Gasteiger partial charge in [-0.1, -0.05) is 0 Å². The maximum absolute atomic E-state index is 9.01.